The molecule has 2 nitrogen and oxygen atoms in total. The number of allylic oxidation sites excluding steroid dienone is 4. The minimum Gasteiger partial charge on any atom is -0.454 e. The Labute approximate surface area is 298 Å². The zero-order valence-corrected chi connectivity index (χ0v) is 28.9. The van der Waals surface area contributed by atoms with Crippen LogP contribution in [-0.2, 0) is 5.41 Å². The van der Waals surface area contributed by atoms with E-state index in [2.05, 4.69) is 183 Å². The minimum atomic E-state index is -0.130. The highest BCUT2D eigenvalue weighted by molar-refractivity contribution is 6.22. The number of anilines is 3. The lowest BCUT2D eigenvalue weighted by Crippen LogP contribution is -2.17. The molecule has 1 heterocycles. The van der Waals surface area contributed by atoms with E-state index in [0.29, 0.717) is 0 Å². The van der Waals surface area contributed by atoms with Crippen LogP contribution in [0.25, 0.3) is 60.5 Å². The molecule has 8 aromatic rings. The molecule has 0 N–H and O–H groups in total. The van der Waals surface area contributed by atoms with Crippen LogP contribution in [0.4, 0.5) is 17.1 Å². The zero-order chi connectivity index (χ0) is 34.1. The number of furan rings is 1. The molecule has 1 aromatic heterocycles. The summed E-state index contributed by atoms with van der Waals surface area (Å²) in [7, 11) is 0. The van der Waals surface area contributed by atoms with Gasteiger partial charge in [-0.25, -0.2) is 0 Å². The van der Waals surface area contributed by atoms with Gasteiger partial charge in [-0.3, -0.25) is 0 Å². The van der Waals surface area contributed by atoms with E-state index in [9.17, 15) is 0 Å². The predicted molar refractivity (Wildman–Crippen MR) is 215 cm³/mol. The highest BCUT2D eigenvalue weighted by atomic mass is 16.3. The number of rotatable bonds is 5. The van der Waals surface area contributed by atoms with Crippen LogP contribution in [0, 0.1) is 0 Å². The number of nitrogens with zero attached hydrogens (tertiary/aromatic N) is 1. The largest absolute Gasteiger partial charge is 0.454 e. The van der Waals surface area contributed by atoms with Gasteiger partial charge in [0.15, 0.2) is 5.58 Å². The molecule has 0 aliphatic heterocycles. The Morgan fingerprint density at radius 1 is 0.588 bits per heavy atom. The van der Waals surface area contributed by atoms with Crippen molar-refractivity contribution in [2.75, 3.05) is 4.90 Å². The van der Waals surface area contributed by atoms with Crippen molar-refractivity contribution in [3.8, 4) is 22.3 Å². The summed E-state index contributed by atoms with van der Waals surface area (Å²) in [4.78, 5) is 2.45. The molecule has 7 aromatic carbocycles. The van der Waals surface area contributed by atoms with Gasteiger partial charge in [-0.15, -0.1) is 0 Å². The van der Waals surface area contributed by atoms with Crippen LogP contribution in [0.1, 0.15) is 43.4 Å². The standard InChI is InChI=1S/C49H37NO/c1-49(2)43-20-12-11-19-40(43)41-27-26-37(31-44(41)49)50(36-24-21-33(22-25-36)32-13-5-3-6-14-32)47-39(34-15-7-4-8-16-34)28-29-42-46-38-18-10-9-17-35(38)23-30-45(46)51-48(42)47/h3-7,9-15,17-31H,8,16H2,1-2H3. The van der Waals surface area contributed by atoms with Gasteiger partial charge in [0.05, 0.1) is 5.69 Å². The smallest absolute Gasteiger partial charge is 0.160 e. The summed E-state index contributed by atoms with van der Waals surface area (Å²) in [6, 6.07) is 53.2. The van der Waals surface area contributed by atoms with Gasteiger partial charge in [0.1, 0.15) is 5.58 Å². The Morgan fingerprint density at radius 3 is 2.16 bits per heavy atom. The Balaban J connectivity index is 1.28. The maximum atomic E-state index is 7.04. The normalized spacial score (nSPS) is 14.5. The molecule has 10 rings (SSSR count). The number of benzene rings is 7. The molecule has 2 aliphatic carbocycles. The lowest BCUT2D eigenvalue weighted by atomic mass is 9.82. The van der Waals surface area contributed by atoms with E-state index in [-0.39, 0.29) is 5.41 Å². The average Bonchev–Trinajstić information content (AvgIpc) is 3.68. The Hall–Kier alpha value is -6.12. The fourth-order valence-electron chi connectivity index (χ4n) is 8.58. The first-order chi connectivity index (χ1) is 25.1. The molecule has 0 amide bonds. The quantitative estimate of drug-likeness (QED) is 0.183. The number of hydrogen-bond acceptors (Lipinski definition) is 2. The molecule has 244 valence electrons. The monoisotopic (exact) mass is 655 g/mol. The van der Waals surface area contributed by atoms with Crippen LogP contribution in [0.3, 0.4) is 0 Å². The topological polar surface area (TPSA) is 16.4 Å². The molecule has 2 heteroatoms. The molecular weight excluding hydrogens is 619 g/mol. The first kappa shape index (κ1) is 29.8. The molecule has 0 saturated heterocycles. The Kier molecular flexibility index (Phi) is 6.69. The molecular formula is C49H37NO. The minimum absolute atomic E-state index is 0.130. The highest BCUT2D eigenvalue weighted by Crippen LogP contribution is 2.53. The van der Waals surface area contributed by atoms with E-state index < -0.39 is 0 Å². The summed E-state index contributed by atoms with van der Waals surface area (Å²) in [6.45, 7) is 4.71. The second kappa shape index (κ2) is 11.5. The molecule has 0 spiro atoms. The van der Waals surface area contributed by atoms with E-state index in [1.165, 1.54) is 60.7 Å². The lowest BCUT2D eigenvalue weighted by Gasteiger charge is -2.30. The third-order valence-corrected chi connectivity index (χ3v) is 11.1. The van der Waals surface area contributed by atoms with Gasteiger partial charge in [0.25, 0.3) is 0 Å². The third kappa shape index (κ3) is 4.63. The van der Waals surface area contributed by atoms with Gasteiger partial charge in [0, 0.05) is 33.1 Å². The maximum absolute atomic E-state index is 7.04. The number of hydrogen-bond donors (Lipinski definition) is 0. The highest BCUT2D eigenvalue weighted by Gasteiger charge is 2.36. The van der Waals surface area contributed by atoms with Crippen LogP contribution in [-0.4, -0.2) is 0 Å². The second-order valence-corrected chi connectivity index (χ2v) is 14.4. The predicted octanol–water partition coefficient (Wildman–Crippen LogP) is 13.9. The molecule has 0 fully saturated rings. The van der Waals surface area contributed by atoms with E-state index in [1.54, 1.807) is 0 Å². The van der Waals surface area contributed by atoms with Crippen molar-refractivity contribution in [3.63, 3.8) is 0 Å². The average molecular weight is 656 g/mol. The van der Waals surface area contributed by atoms with Crippen molar-refractivity contribution in [2.24, 2.45) is 0 Å². The molecule has 0 bridgehead atoms. The van der Waals surface area contributed by atoms with E-state index >= 15 is 0 Å². The first-order valence-corrected chi connectivity index (χ1v) is 18.0. The van der Waals surface area contributed by atoms with Crippen molar-refractivity contribution in [1.29, 1.82) is 0 Å². The molecule has 0 saturated carbocycles. The SMILES string of the molecule is CC1(C)c2ccccc2-c2ccc(N(c3ccc(-c4ccccc4)cc3)c3c(C4=CC=CCC4)ccc4c3oc3ccc5ccccc5c34)cc21. The van der Waals surface area contributed by atoms with Crippen molar-refractivity contribution in [3.05, 3.63) is 181 Å². The fourth-order valence-corrected chi connectivity index (χ4v) is 8.58. The van der Waals surface area contributed by atoms with Gasteiger partial charge in [-0.05, 0) is 99.0 Å². The molecule has 0 unspecified atom stereocenters. The maximum Gasteiger partial charge on any atom is 0.160 e. The van der Waals surface area contributed by atoms with Gasteiger partial charge < -0.3 is 9.32 Å². The summed E-state index contributed by atoms with van der Waals surface area (Å²) in [5.41, 5.74) is 15.3. The van der Waals surface area contributed by atoms with Gasteiger partial charge in [-0.2, -0.15) is 0 Å². The summed E-state index contributed by atoms with van der Waals surface area (Å²) >= 11 is 0. The molecule has 51 heavy (non-hydrogen) atoms. The van der Waals surface area contributed by atoms with E-state index in [4.69, 9.17) is 4.42 Å². The van der Waals surface area contributed by atoms with Crippen molar-refractivity contribution >= 4 is 55.3 Å². The first-order valence-electron chi connectivity index (χ1n) is 18.0. The van der Waals surface area contributed by atoms with Crippen molar-refractivity contribution in [2.45, 2.75) is 32.1 Å². The van der Waals surface area contributed by atoms with Crippen LogP contribution in [0.2, 0.25) is 0 Å². The van der Waals surface area contributed by atoms with Crippen LogP contribution in [0.5, 0.6) is 0 Å². The van der Waals surface area contributed by atoms with Crippen molar-refractivity contribution in [1.82, 2.24) is 0 Å². The van der Waals surface area contributed by atoms with Crippen LogP contribution < -0.4 is 4.90 Å². The summed E-state index contributed by atoms with van der Waals surface area (Å²) in [5.74, 6) is 0. The van der Waals surface area contributed by atoms with Gasteiger partial charge in [-0.1, -0.05) is 141 Å². The van der Waals surface area contributed by atoms with Gasteiger partial charge >= 0.3 is 0 Å². The van der Waals surface area contributed by atoms with Crippen molar-refractivity contribution < 1.29 is 4.42 Å². The number of fused-ring (bicyclic) bond motifs is 8. The van der Waals surface area contributed by atoms with Crippen LogP contribution >= 0.6 is 0 Å². The summed E-state index contributed by atoms with van der Waals surface area (Å²) < 4.78 is 7.04. The molecule has 0 radical (unpaired) electrons. The Bertz CT molecular complexity index is 2710. The van der Waals surface area contributed by atoms with E-state index in [1.807, 2.05) is 0 Å². The lowest BCUT2D eigenvalue weighted by molar-refractivity contribution is 0.660. The van der Waals surface area contributed by atoms with Crippen LogP contribution in [0.15, 0.2) is 168 Å². The Morgan fingerprint density at radius 2 is 1.31 bits per heavy atom. The summed E-state index contributed by atoms with van der Waals surface area (Å²) in [6.07, 6.45) is 8.74. The molecule has 0 atom stereocenters. The second-order valence-electron chi connectivity index (χ2n) is 14.4. The summed E-state index contributed by atoms with van der Waals surface area (Å²) in [5, 5.41) is 4.72. The zero-order valence-electron chi connectivity index (χ0n) is 28.9. The van der Waals surface area contributed by atoms with E-state index in [0.717, 1.165) is 46.5 Å². The fraction of sp³-hybridized carbons (Fsp3) is 0.102. The third-order valence-electron chi connectivity index (χ3n) is 11.1. The molecule has 2 aliphatic rings. The van der Waals surface area contributed by atoms with Gasteiger partial charge in [0.2, 0.25) is 0 Å².